The summed E-state index contributed by atoms with van der Waals surface area (Å²) in [5.74, 6) is 5.95. The summed E-state index contributed by atoms with van der Waals surface area (Å²) in [5.41, 5.74) is 5.62. The van der Waals surface area contributed by atoms with Gasteiger partial charge < -0.3 is 15.9 Å². The summed E-state index contributed by atoms with van der Waals surface area (Å²) in [6.07, 6.45) is 1.49. The molecule has 4 N–H and O–H groups in total. The Morgan fingerprint density at radius 2 is 2.00 bits per heavy atom. The Bertz CT molecular complexity index is 525. The van der Waals surface area contributed by atoms with Crippen LogP contribution in [0.15, 0.2) is 24.3 Å². The quantitative estimate of drug-likeness (QED) is 0.676. The minimum atomic E-state index is -1.70. The Balaban J connectivity index is 3.02. The summed E-state index contributed by atoms with van der Waals surface area (Å²) in [6, 6.07) is 6.95. The van der Waals surface area contributed by atoms with Gasteiger partial charge in [-0.25, -0.2) is 0 Å². The van der Waals surface area contributed by atoms with E-state index in [2.05, 4.69) is 11.8 Å². The molecular weight excluding hydrogens is 262 g/mol. The number of benzene rings is 1. The highest BCUT2D eigenvalue weighted by Crippen LogP contribution is 2.20. The third kappa shape index (κ3) is 5.89. The molecule has 1 rings (SSSR count). The molecule has 0 spiro atoms. The van der Waals surface area contributed by atoms with E-state index < -0.39 is 11.7 Å². The summed E-state index contributed by atoms with van der Waals surface area (Å²) in [5, 5.41) is 20.6. The highest BCUT2D eigenvalue weighted by molar-refractivity contribution is 5.39. The van der Waals surface area contributed by atoms with E-state index in [1.807, 2.05) is 19.9 Å². The summed E-state index contributed by atoms with van der Waals surface area (Å²) in [6.45, 7) is 4.29. The van der Waals surface area contributed by atoms with Gasteiger partial charge in [-0.1, -0.05) is 50.7 Å². The van der Waals surface area contributed by atoms with Crippen LogP contribution in [0.3, 0.4) is 0 Å². The first-order chi connectivity index (χ1) is 10.4. The molecule has 0 aromatic heterocycles. The maximum atomic E-state index is 10.5. The molecule has 0 fully saturated rings. The molecule has 1 unspecified atom stereocenters. The number of rotatable bonds is 7. The lowest BCUT2D eigenvalue weighted by Crippen LogP contribution is -2.25. The zero-order valence-electron chi connectivity index (χ0n) is 14.0. The number of hydrogen-bond donors (Lipinski definition) is 3. The van der Waals surface area contributed by atoms with E-state index >= 15 is 0 Å². The Labute approximate surface area is 129 Å². The van der Waals surface area contributed by atoms with Gasteiger partial charge in [-0.05, 0) is 43.5 Å². The monoisotopic (exact) mass is 290 g/mol. The zero-order chi connectivity index (χ0) is 16.6. The van der Waals surface area contributed by atoms with Gasteiger partial charge in [0.2, 0.25) is 0 Å². The van der Waals surface area contributed by atoms with E-state index in [1.165, 1.54) is 0 Å². The Morgan fingerprint density at radius 3 is 2.57 bits per heavy atom. The van der Waals surface area contributed by atoms with Gasteiger partial charge in [0.05, 0.1) is 7.45 Å². The molecule has 1 aromatic rings. The van der Waals surface area contributed by atoms with Crippen LogP contribution in [0.25, 0.3) is 0 Å². The van der Waals surface area contributed by atoms with Crippen molar-refractivity contribution in [3.63, 3.8) is 0 Å². The second kappa shape index (κ2) is 8.84. The summed E-state index contributed by atoms with van der Waals surface area (Å²) in [7, 11) is 0. The molecule has 21 heavy (non-hydrogen) atoms. The molecule has 0 aliphatic rings. The van der Waals surface area contributed by atoms with Crippen LogP contribution in [0.4, 0.5) is 0 Å². The first kappa shape index (κ1) is 16.0. The van der Waals surface area contributed by atoms with E-state index in [0.717, 1.165) is 12.8 Å². The molecule has 0 amide bonds. The molecular formula is C18H27NO2. The fourth-order valence-corrected chi connectivity index (χ4v) is 2.32. The zero-order valence-corrected chi connectivity index (χ0v) is 13.0. The van der Waals surface area contributed by atoms with Gasteiger partial charge in [-0.3, -0.25) is 0 Å². The van der Waals surface area contributed by atoms with Crippen LogP contribution in [0.5, 0.6) is 0 Å². The molecule has 116 valence electrons. The van der Waals surface area contributed by atoms with Crippen LogP contribution in [0, 0.1) is 11.8 Å². The van der Waals surface area contributed by atoms with Crippen LogP contribution in [0.2, 0.25) is 0 Å². The first-order valence-corrected chi connectivity index (χ1v) is 7.65. The topological polar surface area (TPSA) is 66.5 Å². The molecule has 0 saturated carbocycles. The third-order valence-electron chi connectivity index (χ3n) is 3.34. The van der Waals surface area contributed by atoms with Crippen molar-refractivity contribution in [1.29, 1.82) is 0 Å². The van der Waals surface area contributed by atoms with E-state index in [9.17, 15) is 10.2 Å². The minimum absolute atomic E-state index is 0.166. The van der Waals surface area contributed by atoms with Gasteiger partial charge in [-0.15, -0.1) is 0 Å². The maximum absolute atomic E-state index is 10.5. The van der Waals surface area contributed by atoms with Crippen molar-refractivity contribution in [3.05, 3.63) is 35.4 Å². The van der Waals surface area contributed by atoms with Crippen molar-refractivity contribution in [3.8, 4) is 11.8 Å². The fraction of sp³-hybridized carbons (Fsp3) is 0.556. The molecule has 3 heteroatoms. The molecule has 1 aromatic carbocycles. The van der Waals surface area contributed by atoms with Crippen LogP contribution in [-0.2, 0) is 0 Å². The van der Waals surface area contributed by atoms with Crippen molar-refractivity contribution < 1.29 is 11.6 Å². The van der Waals surface area contributed by atoms with Crippen molar-refractivity contribution in [1.82, 2.24) is 0 Å². The van der Waals surface area contributed by atoms with Crippen molar-refractivity contribution in [2.24, 2.45) is 5.73 Å². The summed E-state index contributed by atoms with van der Waals surface area (Å²) in [4.78, 5) is 0. The second-order valence-corrected chi connectivity index (χ2v) is 5.35. The Kier molecular flexibility index (Phi) is 6.75. The molecule has 0 bridgehead atoms. The average molecular weight is 290 g/mol. The SMILES string of the molecule is [2H]C(O)(CCN)c1cccc(C#CC(O)(CCC)CCC)c1. The molecule has 1 atom stereocenters. The summed E-state index contributed by atoms with van der Waals surface area (Å²) < 4.78 is 7.93. The van der Waals surface area contributed by atoms with Crippen molar-refractivity contribution >= 4 is 0 Å². The predicted octanol–water partition coefficient (Wildman–Crippen LogP) is 2.75. The van der Waals surface area contributed by atoms with Gasteiger partial charge >= 0.3 is 0 Å². The molecule has 0 heterocycles. The predicted molar refractivity (Wildman–Crippen MR) is 86.7 cm³/mol. The molecule has 0 aliphatic carbocycles. The van der Waals surface area contributed by atoms with Crippen molar-refractivity contribution in [2.75, 3.05) is 6.54 Å². The Morgan fingerprint density at radius 1 is 1.33 bits per heavy atom. The second-order valence-electron chi connectivity index (χ2n) is 5.35. The van der Waals surface area contributed by atoms with E-state index in [0.29, 0.717) is 24.0 Å². The standard InChI is InChI=1S/C18H27NO2/c1-3-10-18(21,11-4-2)12-8-15-6-5-7-16(14-15)17(20)9-13-19/h5-7,14,17,20-21H,3-4,9-11,13,19H2,1-2H3/i17D. The molecule has 3 nitrogen and oxygen atoms in total. The maximum Gasteiger partial charge on any atom is 0.125 e. The fourth-order valence-electron chi connectivity index (χ4n) is 2.32. The highest BCUT2D eigenvalue weighted by atomic mass is 16.3. The van der Waals surface area contributed by atoms with Gasteiger partial charge in [-0.2, -0.15) is 0 Å². The number of nitrogens with two attached hydrogens (primary N) is 1. The normalized spacial score (nSPS) is 14.8. The van der Waals surface area contributed by atoms with Gasteiger partial charge in [0.15, 0.2) is 0 Å². The Hall–Kier alpha value is -1.34. The lowest BCUT2D eigenvalue weighted by atomic mass is 9.93. The third-order valence-corrected chi connectivity index (χ3v) is 3.34. The van der Waals surface area contributed by atoms with Gasteiger partial charge in [0.25, 0.3) is 0 Å². The van der Waals surface area contributed by atoms with E-state index in [4.69, 9.17) is 7.10 Å². The minimum Gasteiger partial charge on any atom is -0.388 e. The smallest absolute Gasteiger partial charge is 0.125 e. The number of aliphatic hydroxyl groups is 2. The lowest BCUT2D eigenvalue weighted by Gasteiger charge is -2.20. The van der Waals surface area contributed by atoms with Crippen LogP contribution in [-0.4, -0.2) is 22.4 Å². The summed E-state index contributed by atoms with van der Waals surface area (Å²) >= 11 is 0. The van der Waals surface area contributed by atoms with E-state index in [1.54, 1.807) is 18.2 Å². The average Bonchev–Trinajstić information content (AvgIpc) is 2.46. The van der Waals surface area contributed by atoms with Gasteiger partial charge in [0.1, 0.15) is 5.60 Å². The largest absolute Gasteiger partial charge is 0.388 e. The van der Waals surface area contributed by atoms with Crippen LogP contribution < -0.4 is 5.73 Å². The van der Waals surface area contributed by atoms with Crippen molar-refractivity contribution in [2.45, 2.75) is 57.6 Å². The van der Waals surface area contributed by atoms with Crippen LogP contribution >= 0.6 is 0 Å². The first-order valence-electron chi connectivity index (χ1n) is 8.15. The van der Waals surface area contributed by atoms with Crippen LogP contribution in [0.1, 0.15) is 64.5 Å². The molecule has 0 aliphatic heterocycles. The molecule has 0 saturated heterocycles. The highest BCUT2D eigenvalue weighted by Gasteiger charge is 2.21. The lowest BCUT2D eigenvalue weighted by molar-refractivity contribution is 0.0807. The molecule has 0 radical (unpaired) electrons. The number of hydrogen-bond acceptors (Lipinski definition) is 3. The van der Waals surface area contributed by atoms with Gasteiger partial charge in [0, 0.05) is 5.56 Å². The van der Waals surface area contributed by atoms with E-state index in [-0.39, 0.29) is 13.0 Å².